The smallest absolute Gasteiger partial charge is 0.150 e. The lowest BCUT2D eigenvalue weighted by Crippen LogP contribution is -2.03. The molecule has 22 heavy (non-hydrogen) atoms. The van der Waals surface area contributed by atoms with E-state index in [0.29, 0.717) is 24.0 Å². The van der Waals surface area contributed by atoms with Crippen molar-refractivity contribution in [2.75, 3.05) is 0 Å². The number of ether oxygens (including phenoxy) is 1. The summed E-state index contributed by atoms with van der Waals surface area (Å²) >= 11 is 0. The van der Waals surface area contributed by atoms with Crippen LogP contribution in [0.4, 0.5) is 0 Å². The van der Waals surface area contributed by atoms with Gasteiger partial charge in [-0.3, -0.25) is 4.79 Å². The fourth-order valence-electron chi connectivity index (χ4n) is 2.45. The lowest BCUT2D eigenvalue weighted by molar-refractivity contribution is 0.112. The predicted octanol–water partition coefficient (Wildman–Crippen LogP) is 5.32. The Kier molecular flexibility index (Phi) is 5.37. The quantitative estimate of drug-likeness (QED) is 0.674. The van der Waals surface area contributed by atoms with Crippen molar-refractivity contribution in [3.8, 4) is 5.75 Å². The van der Waals surface area contributed by atoms with E-state index in [1.54, 1.807) is 0 Å². The average molecular weight is 296 g/mol. The SMILES string of the molecule is CC(C)c1ccc(C(C)C)c(OCc2ccccc2C=O)c1. The van der Waals surface area contributed by atoms with E-state index in [9.17, 15) is 4.79 Å². The van der Waals surface area contributed by atoms with Crippen LogP contribution in [0.1, 0.15) is 66.6 Å². The van der Waals surface area contributed by atoms with Gasteiger partial charge in [-0.2, -0.15) is 0 Å². The zero-order valence-electron chi connectivity index (χ0n) is 13.8. The van der Waals surface area contributed by atoms with Crippen molar-refractivity contribution >= 4 is 6.29 Å². The fraction of sp³-hybridized carbons (Fsp3) is 0.350. The van der Waals surface area contributed by atoms with Gasteiger partial charge in [0.1, 0.15) is 18.6 Å². The van der Waals surface area contributed by atoms with Crippen molar-refractivity contribution in [3.63, 3.8) is 0 Å². The summed E-state index contributed by atoms with van der Waals surface area (Å²) in [5.74, 6) is 1.78. The van der Waals surface area contributed by atoms with Crippen LogP contribution < -0.4 is 4.74 Å². The Hall–Kier alpha value is -2.09. The maximum atomic E-state index is 11.1. The van der Waals surface area contributed by atoms with Gasteiger partial charge in [0.05, 0.1) is 0 Å². The summed E-state index contributed by atoms with van der Waals surface area (Å²) in [4.78, 5) is 11.1. The Morgan fingerprint density at radius 1 is 1.00 bits per heavy atom. The van der Waals surface area contributed by atoms with Crippen LogP contribution in [-0.2, 0) is 6.61 Å². The molecule has 0 amide bonds. The van der Waals surface area contributed by atoms with Crippen molar-refractivity contribution < 1.29 is 9.53 Å². The molecule has 0 N–H and O–H groups in total. The third-order valence-electron chi connectivity index (χ3n) is 3.89. The molecule has 0 bridgehead atoms. The lowest BCUT2D eigenvalue weighted by Gasteiger charge is -2.17. The van der Waals surface area contributed by atoms with Crippen LogP contribution in [0, 0.1) is 0 Å². The highest BCUT2D eigenvalue weighted by atomic mass is 16.5. The van der Waals surface area contributed by atoms with E-state index in [0.717, 1.165) is 17.6 Å². The van der Waals surface area contributed by atoms with Crippen molar-refractivity contribution in [3.05, 3.63) is 64.7 Å². The van der Waals surface area contributed by atoms with Crippen LogP contribution in [0.5, 0.6) is 5.75 Å². The molecule has 2 nitrogen and oxygen atoms in total. The summed E-state index contributed by atoms with van der Waals surface area (Å²) in [6, 6.07) is 14.0. The van der Waals surface area contributed by atoms with Gasteiger partial charge in [-0.1, -0.05) is 64.1 Å². The van der Waals surface area contributed by atoms with E-state index in [1.807, 2.05) is 24.3 Å². The third-order valence-corrected chi connectivity index (χ3v) is 3.89. The zero-order valence-corrected chi connectivity index (χ0v) is 13.8. The standard InChI is InChI=1S/C20H24O2/c1-14(2)16-9-10-19(15(3)4)20(11-16)22-13-18-8-6-5-7-17(18)12-21/h5-12,14-15H,13H2,1-4H3. The van der Waals surface area contributed by atoms with E-state index < -0.39 is 0 Å². The normalized spacial score (nSPS) is 11.0. The second-order valence-corrected chi connectivity index (χ2v) is 6.21. The van der Waals surface area contributed by atoms with Crippen LogP contribution in [0.3, 0.4) is 0 Å². The van der Waals surface area contributed by atoms with Gasteiger partial charge in [0.15, 0.2) is 0 Å². The fourth-order valence-corrected chi connectivity index (χ4v) is 2.45. The van der Waals surface area contributed by atoms with E-state index in [1.165, 1.54) is 11.1 Å². The van der Waals surface area contributed by atoms with Crippen LogP contribution in [0.25, 0.3) is 0 Å². The Morgan fingerprint density at radius 2 is 1.73 bits per heavy atom. The summed E-state index contributed by atoms with van der Waals surface area (Å²) in [5.41, 5.74) is 4.08. The molecule has 2 aromatic carbocycles. The first kappa shape index (κ1) is 16.3. The van der Waals surface area contributed by atoms with Crippen LogP contribution in [0.2, 0.25) is 0 Å². The molecular formula is C20H24O2. The Morgan fingerprint density at radius 3 is 2.36 bits per heavy atom. The minimum atomic E-state index is 0.400. The molecular weight excluding hydrogens is 272 g/mol. The van der Waals surface area contributed by atoms with Crippen LogP contribution in [0.15, 0.2) is 42.5 Å². The zero-order chi connectivity index (χ0) is 16.1. The first-order valence-electron chi connectivity index (χ1n) is 7.82. The van der Waals surface area contributed by atoms with Gasteiger partial charge in [-0.05, 0) is 34.6 Å². The highest BCUT2D eigenvalue weighted by Crippen LogP contribution is 2.30. The molecule has 0 aliphatic heterocycles. The average Bonchev–Trinajstić information content (AvgIpc) is 2.52. The Balaban J connectivity index is 2.27. The maximum absolute atomic E-state index is 11.1. The topological polar surface area (TPSA) is 26.3 Å². The Bertz CT molecular complexity index is 642. The molecule has 0 spiro atoms. The molecule has 0 radical (unpaired) electrons. The summed E-state index contributed by atoms with van der Waals surface area (Å²) < 4.78 is 6.06. The number of rotatable bonds is 6. The minimum absolute atomic E-state index is 0.400. The van der Waals surface area contributed by atoms with E-state index in [4.69, 9.17) is 4.74 Å². The van der Waals surface area contributed by atoms with Crippen molar-refractivity contribution in [1.29, 1.82) is 0 Å². The summed E-state index contributed by atoms with van der Waals surface area (Å²) in [6.07, 6.45) is 0.882. The van der Waals surface area contributed by atoms with E-state index in [2.05, 4.69) is 45.9 Å². The molecule has 0 unspecified atom stereocenters. The largest absolute Gasteiger partial charge is 0.489 e. The van der Waals surface area contributed by atoms with Gasteiger partial charge in [-0.25, -0.2) is 0 Å². The molecule has 2 aromatic rings. The number of hydrogen-bond acceptors (Lipinski definition) is 2. The van der Waals surface area contributed by atoms with Crippen molar-refractivity contribution in [2.45, 2.75) is 46.1 Å². The maximum Gasteiger partial charge on any atom is 0.150 e. The summed E-state index contributed by atoms with van der Waals surface area (Å²) in [5, 5.41) is 0. The molecule has 0 saturated carbocycles. The summed E-state index contributed by atoms with van der Waals surface area (Å²) in [6.45, 7) is 9.09. The molecule has 0 aliphatic carbocycles. The highest BCUT2D eigenvalue weighted by molar-refractivity contribution is 5.77. The molecule has 0 fully saturated rings. The van der Waals surface area contributed by atoms with E-state index in [-0.39, 0.29) is 0 Å². The molecule has 0 heterocycles. The predicted molar refractivity (Wildman–Crippen MR) is 90.8 cm³/mol. The highest BCUT2D eigenvalue weighted by Gasteiger charge is 2.11. The van der Waals surface area contributed by atoms with Crippen molar-refractivity contribution in [1.82, 2.24) is 0 Å². The third kappa shape index (κ3) is 3.76. The van der Waals surface area contributed by atoms with Gasteiger partial charge in [0.25, 0.3) is 0 Å². The van der Waals surface area contributed by atoms with Crippen LogP contribution >= 0.6 is 0 Å². The molecule has 0 atom stereocenters. The minimum Gasteiger partial charge on any atom is -0.489 e. The second-order valence-electron chi connectivity index (χ2n) is 6.21. The number of carbonyl (C=O) groups is 1. The monoisotopic (exact) mass is 296 g/mol. The first-order valence-corrected chi connectivity index (χ1v) is 7.82. The first-order chi connectivity index (χ1) is 10.5. The van der Waals surface area contributed by atoms with Gasteiger partial charge in [0, 0.05) is 5.56 Å². The second kappa shape index (κ2) is 7.26. The van der Waals surface area contributed by atoms with E-state index >= 15 is 0 Å². The number of aldehydes is 1. The number of hydrogen-bond donors (Lipinski definition) is 0. The van der Waals surface area contributed by atoms with Gasteiger partial charge in [0.2, 0.25) is 0 Å². The molecule has 0 saturated heterocycles. The summed E-state index contributed by atoms with van der Waals surface area (Å²) in [7, 11) is 0. The molecule has 116 valence electrons. The number of benzene rings is 2. The molecule has 0 aliphatic rings. The van der Waals surface area contributed by atoms with Crippen LogP contribution in [-0.4, -0.2) is 6.29 Å². The molecule has 0 aromatic heterocycles. The van der Waals surface area contributed by atoms with Gasteiger partial charge < -0.3 is 4.74 Å². The Labute approximate surface area is 133 Å². The van der Waals surface area contributed by atoms with Gasteiger partial charge in [-0.15, -0.1) is 0 Å². The molecule has 2 heteroatoms. The molecule has 2 rings (SSSR count). The number of carbonyl (C=O) groups excluding carboxylic acids is 1. The van der Waals surface area contributed by atoms with Gasteiger partial charge >= 0.3 is 0 Å². The van der Waals surface area contributed by atoms with Crippen molar-refractivity contribution in [2.24, 2.45) is 0 Å². The lowest BCUT2D eigenvalue weighted by atomic mass is 9.96.